The normalized spacial score (nSPS) is 17.9. The predicted molar refractivity (Wildman–Crippen MR) is 120 cm³/mol. The SMILES string of the molecule is COc1cc(CNC(=O)c2ccc(C3CC(c4ccccc4)NN3)cc2)cc(OC)c1. The third-order valence-electron chi connectivity index (χ3n) is 5.54. The first-order valence-corrected chi connectivity index (χ1v) is 10.3. The average Bonchev–Trinajstić information content (AvgIpc) is 3.33. The van der Waals surface area contributed by atoms with E-state index in [4.69, 9.17) is 9.47 Å². The zero-order valence-electron chi connectivity index (χ0n) is 17.7. The molecule has 2 unspecified atom stereocenters. The number of carbonyl (C=O) groups excluding carboxylic acids is 1. The van der Waals surface area contributed by atoms with Crippen LogP contribution >= 0.6 is 0 Å². The maximum absolute atomic E-state index is 12.6. The average molecular weight is 418 g/mol. The van der Waals surface area contributed by atoms with Crippen LogP contribution in [0.25, 0.3) is 0 Å². The van der Waals surface area contributed by atoms with Crippen molar-refractivity contribution in [2.75, 3.05) is 14.2 Å². The van der Waals surface area contributed by atoms with Crippen molar-refractivity contribution in [1.82, 2.24) is 16.2 Å². The second-order valence-corrected chi connectivity index (χ2v) is 7.57. The molecule has 6 nitrogen and oxygen atoms in total. The molecule has 1 heterocycles. The van der Waals surface area contributed by atoms with E-state index in [0.29, 0.717) is 23.6 Å². The molecule has 3 aromatic carbocycles. The summed E-state index contributed by atoms with van der Waals surface area (Å²) < 4.78 is 10.6. The van der Waals surface area contributed by atoms with Crippen molar-refractivity contribution in [2.45, 2.75) is 25.0 Å². The van der Waals surface area contributed by atoms with Crippen LogP contribution < -0.4 is 25.6 Å². The quantitative estimate of drug-likeness (QED) is 0.544. The number of hydrogen-bond donors (Lipinski definition) is 3. The van der Waals surface area contributed by atoms with Gasteiger partial charge in [0.25, 0.3) is 5.91 Å². The van der Waals surface area contributed by atoms with Crippen molar-refractivity contribution in [2.24, 2.45) is 0 Å². The molecule has 31 heavy (non-hydrogen) atoms. The maximum atomic E-state index is 12.6. The number of methoxy groups -OCH3 is 2. The number of hydrogen-bond acceptors (Lipinski definition) is 5. The summed E-state index contributed by atoms with van der Waals surface area (Å²) in [7, 11) is 3.21. The molecule has 1 saturated heterocycles. The van der Waals surface area contributed by atoms with Gasteiger partial charge < -0.3 is 14.8 Å². The standard InChI is InChI=1S/C25H27N3O3/c1-30-21-12-17(13-22(14-21)31-2)16-26-25(29)20-10-8-19(9-11-20)24-15-23(27-28-24)18-6-4-3-5-7-18/h3-14,23-24,27-28H,15-16H2,1-2H3,(H,26,29). The molecular formula is C25H27N3O3. The molecule has 1 fully saturated rings. The molecule has 3 aromatic rings. The summed E-state index contributed by atoms with van der Waals surface area (Å²) >= 11 is 0. The van der Waals surface area contributed by atoms with Gasteiger partial charge in [-0.3, -0.25) is 4.79 Å². The van der Waals surface area contributed by atoms with E-state index in [1.807, 2.05) is 42.5 Å². The predicted octanol–water partition coefficient (Wildman–Crippen LogP) is 3.91. The number of amides is 1. The summed E-state index contributed by atoms with van der Waals surface area (Å²) in [5, 5.41) is 2.96. The third-order valence-corrected chi connectivity index (χ3v) is 5.54. The third kappa shape index (κ3) is 5.05. The van der Waals surface area contributed by atoms with E-state index in [1.165, 1.54) is 5.56 Å². The number of nitrogens with one attached hydrogen (secondary N) is 3. The molecule has 0 radical (unpaired) electrons. The highest BCUT2D eigenvalue weighted by molar-refractivity contribution is 5.94. The Balaban J connectivity index is 1.36. The van der Waals surface area contributed by atoms with Gasteiger partial charge in [-0.2, -0.15) is 0 Å². The van der Waals surface area contributed by atoms with Crippen molar-refractivity contribution in [1.29, 1.82) is 0 Å². The van der Waals surface area contributed by atoms with Crippen LogP contribution in [-0.4, -0.2) is 20.1 Å². The summed E-state index contributed by atoms with van der Waals surface area (Å²) in [5.41, 5.74) is 10.7. The van der Waals surface area contributed by atoms with Crippen LogP contribution in [0.1, 0.15) is 45.6 Å². The van der Waals surface area contributed by atoms with Crippen LogP contribution in [0.15, 0.2) is 72.8 Å². The molecule has 4 rings (SSSR count). The molecule has 1 aliphatic heterocycles. The van der Waals surface area contributed by atoms with Crippen LogP contribution in [0.3, 0.4) is 0 Å². The molecule has 1 aliphatic rings. The van der Waals surface area contributed by atoms with Crippen LogP contribution in [-0.2, 0) is 6.54 Å². The van der Waals surface area contributed by atoms with E-state index in [9.17, 15) is 4.79 Å². The smallest absolute Gasteiger partial charge is 0.251 e. The number of ether oxygens (including phenoxy) is 2. The number of carbonyl (C=O) groups is 1. The molecule has 0 aromatic heterocycles. The topological polar surface area (TPSA) is 71.6 Å². The minimum Gasteiger partial charge on any atom is -0.497 e. The van der Waals surface area contributed by atoms with Gasteiger partial charge in [0.15, 0.2) is 0 Å². The summed E-state index contributed by atoms with van der Waals surface area (Å²) in [6.45, 7) is 0.390. The van der Waals surface area contributed by atoms with Crippen LogP contribution in [0.5, 0.6) is 11.5 Å². The lowest BCUT2D eigenvalue weighted by Crippen LogP contribution is -2.26. The first kappa shape index (κ1) is 20.9. The molecular weight excluding hydrogens is 390 g/mol. The van der Waals surface area contributed by atoms with E-state index < -0.39 is 0 Å². The van der Waals surface area contributed by atoms with Crippen LogP contribution in [0.2, 0.25) is 0 Å². The fourth-order valence-electron chi connectivity index (χ4n) is 3.80. The van der Waals surface area contributed by atoms with E-state index in [2.05, 4.69) is 40.4 Å². The second kappa shape index (κ2) is 9.64. The Kier molecular flexibility index (Phi) is 6.50. The molecule has 160 valence electrons. The Morgan fingerprint density at radius 3 is 2.03 bits per heavy atom. The molecule has 0 bridgehead atoms. The lowest BCUT2D eigenvalue weighted by Gasteiger charge is -2.12. The van der Waals surface area contributed by atoms with Gasteiger partial charge in [-0.15, -0.1) is 0 Å². The highest BCUT2D eigenvalue weighted by Crippen LogP contribution is 2.30. The zero-order chi connectivity index (χ0) is 21.6. The molecule has 0 saturated carbocycles. The first-order valence-electron chi connectivity index (χ1n) is 10.3. The lowest BCUT2D eigenvalue weighted by atomic mass is 9.97. The van der Waals surface area contributed by atoms with Crippen molar-refractivity contribution in [3.8, 4) is 11.5 Å². The van der Waals surface area contributed by atoms with Gasteiger partial charge in [0.1, 0.15) is 11.5 Å². The molecule has 6 heteroatoms. The monoisotopic (exact) mass is 417 g/mol. The number of benzene rings is 3. The summed E-state index contributed by atoms with van der Waals surface area (Å²) in [6.07, 6.45) is 0.952. The first-order chi connectivity index (χ1) is 15.2. The Hall–Kier alpha value is -3.35. The second-order valence-electron chi connectivity index (χ2n) is 7.57. The van der Waals surface area contributed by atoms with Crippen molar-refractivity contribution in [3.63, 3.8) is 0 Å². The Bertz CT molecular complexity index is 1000. The molecule has 3 N–H and O–H groups in total. The van der Waals surface area contributed by atoms with E-state index in [1.54, 1.807) is 20.3 Å². The fourth-order valence-corrected chi connectivity index (χ4v) is 3.80. The fraction of sp³-hybridized carbons (Fsp3) is 0.240. The minimum atomic E-state index is -0.118. The molecule has 0 aliphatic carbocycles. The van der Waals surface area contributed by atoms with E-state index in [-0.39, 0.29) is 18.0 Å². The number of rotatable bonds is 7. The molecule has 2 atom stereocenters. The van der Waals surface area contributed by atoms with Crippen molar-refractivity contribution >= 4 is 5.91 Å². The van der Waals surface area contributed by atoms with Gasteiger partial charge >= 0.3 is 0 Å². The van der Waals surface area contributed by atoms with Crippen molar-refractivity contribution < 1.29 is 14.3 Å². The van der Waals surface area contributed by atoms with E-state index >= 15 is 0 Å². The Morgan fingerprint density at radius 2 is 1.45 bits per heavy atom. The van der Waals surface area contributed by atoms with Gasteiger partial charge in [-0.25, -0.2) is 10.9 Å². The van der Waals surface area contributed by atoms with Crippen LogP contribution in [0.4, 0.5) is 0 Å². The highest BCUT2D eigenvalue weighted by Gasteiger charge is 2.26. The summed E-state index contributed by atoms with van der Waals surface area (Å²) in [6, 6.07) is 24.2. The van der Waals surface area contributed by atoms with Gasteiger partial charge in [-0.1, -0.05) is 42.5 Å². The van der Waals surface area contributed by atoms with Crippen LogP contribution in [0, 0.1) is 0 Å². The van der Waals surface area contributed by atoms with Crippen molar-refractivity contribution in [3.05, 3.63) is 95.1 Å². The Labute approximate surface area is 182 Å². The molecule has 1 amide bonds. The van der Waals surface area contributed by atoms with Gasteiger partial charge in [0.05, 0.1) is 14.2 Å². The molecule has 0 spiro atoms. The summed E-state index contributed by atoms with van der Waals surface area (Å²) in [5.74, 6) is 1.27. The Morgan fingerprint density at radius 1 is 0.871 bits per heavy atom. The highest BCUT2D eigenvalue weighted by atomic mass is 16.5. The van der Waals surface area contributed by atoms with E-state index in [0.717, 1.165) is 17.5 Å². The maximum Gasteiger partial charge on any atom is 0.251 e. The van der Waals surface area contributed by atoms with Gasteiger partial charge in [0.2, 0.25) is 0 Å². The van der Waals surface area contributed by atoms with Gasteiger partial charge in [-0.05, 0) is 47.4 Å². The minimum absolute atomic E-state index is 0.118. The number of hydrazine groups is 1. The summed E-state index contributed by atoms with van der Waals surface area (Å²) in [4.78, 5) is 12.6. The lowest BCUT2D eigenvalue weighted by molar-refractivity contribution is 0.0951. The van der Waals surface area contributed by atoms with Gasteiger partial charge in [0, 0.05) is 30.3 Å². The largest absolute Gasteiger partial charge is 0.497 e. The zero-order valence-corrected chi connectivity index (χ0v) is 17.7.